The van der Waals surface area contributed by atoms with Gasteiger partial charge in [0.1, 0.15) is 0 Å². The molecule has 2 aromatic rings. The standard InChI is InChI=1S/C11H9ClF3N5/c1-20(2)11-18-9(12)17-10(19-11)16-5-3-6(13)8(15)7(14)4-5/h3-4H,1-2H3,(H,16,17,18,19). The first-order valence-electron chi connectivity index (χ1n) is 5.37. The molecule has 1 N–H and O–H groups in total. The van der Waals surface area contributed by atoms with E-state index in [4.69, 9.17) is 11.6 Å². The second-order valence-electron chi connectivity index (χ2n) is 4.00. The molecule has 2 rings (SSSR count). The van der Waals surface area contributed by atoms with Crippen LogP contribution < -0.4 is 10.2 Å². The van der Waals surface area contributed by atoms with Gasteiger partial charge < -0.3 is 10.2 Å². The van der Waals surface area contributed by atoms with Gasteiger partial charge in [-0.2, -0.15) is 15.0 Å². The van der Waals surface area contributed by atoms with E-state index in [1.807, 2.05) is 0 Å². The fraction of sp³-hybridized carbons (Fsp3) is 0.182. The highest BCUT2D eigenvalue weighted by molar-refractivity contribution is 6.28. The Labute approximate surface area is 117 Å². The summed E-state index contributed by atoms with van der Waals surface area (Å²) in [6.45, 7) is 0. The van der Waals surface area contributed by atoms with Gasteiger partial charge in [0.15, 0.2) is 17.5 Å². The molecule has 20 heavy (non-hydrogen) atoms. The van der Waals surface area contributed by atoms with E-state index in [2.05, 4.69) is 20.3 Å². The van der Waals surface area contributed by atoms with E-state index >= 15 is 0 Å². The van der Waals surface area contributed by atoms with Gasteiger partial charge in [-0.25, -0.2) is 13.2 Å². The summed E-state index contributed by atoms with van der Waals surface area (Å²) in [6, 6.07) is 1.57. The van der Waals surface area contributed by atoms with Crippen molar-refractivity contribution in [2.45, 2.75) is 0 Å². The number of hydrogen-bond acceptors (Lipinski definition) is 5. The summed E-state index contributed by atoms with van der Waals surface area (Å²) >= 11 is 5.71. The molecule has 9 heteroatoms. The molecule has 0 aliphatic rings. The average molecular weight is 304 g/mol. The monoisotopic (exact) mass is 303 g/mol. The molecule has 1 aromatic heterocycles. The molecule has 5 nitrogen and oxygen atoms in total. The molecule has 0 spiro atoms. The van der Waals surface area contributed by atoms with E-state index in [1.165, 1.54) is 0 Å². The molecule has 0 aliphatic carbocycles. The Hall–Kier alpha value is -2.09. The molecule has 1 aromatic carbocycles. The van der Waals surface area contributed by atoms with Crippen molar-refractivity contribution in [2.75, 3.05) is 24.3 Å². The lowest BCUT2D eigenvalue weighted by atomic mass is 10.3. The molecular formula is C11H9ClF3N5. The lowest BCUT2D eigenvalue weighted by molar-refractivity contribution is 0.448. The molecule has 0 fully saturated rings. The van der Waals surface area contributed by atoms with Gasteiger partial charge >= 0.3 is 0 Å². The van der Waals surface area contributed by atoms with Crippen LogP contribution in [0.1, 0.15) is 0 Å². The predicted octanol–water partition coefficient (Wildman–Crippen LogP) is 2.75. The molecular weight excluding hydrogens is 295 g/mol. The summed E-state index contributed by atoms with van der Waals surface area (Å²) in [5.74, 6) is -3.94. The lowest BCUT2D eigenvalue weighted by Gasteiger charge is -2.12. The second kappa shape index (κ2) is 5.49. The van der Waals surface area contributed by atoms with E-state index in [-0.39, 0.29) is 22.9 Å². The molecule has 0 bridgehead atoms. The maximum atomic E-state index is 13.1. The summed E-state index contributed by atoms with van der Waals surface area (Å²) < 4.78 is 39.0. The minimum absolute atomic E-state index is 0.0147. The maximum absolute atomic E-state index is 13.1. The second-order valence-corrected chi connectivity index (χ2v) is 4.34. The first kappa shape index (κ1) is 14.3. The fourth-order valence-corrected chi connectivity index (χ4v) is 1.51. The highest BCUT2D eigenvalue weighted by Gasteiger charge is 2.12. The van der Waals surface area contributed by atoms with Gasteiger partial charge in [-0.05, 0) is 11.6 Å². The van der Waals surface area contributed by atoms with Crippen LogP contribution in [-0.2, 0) is 0 Å². The first-order chi connectivity index (χ1) is 9.36. The first-order valence-corrected chi connectivity index (χ1v) is 5.75. The maximum Gasteiger partial charge on any atom is 0.233 e. The summed E-state index contributed by atoms with van der Waals surface area (Å²) in [4.78, 5) is 13.2. The number of rotatable bonds is 3. The Kier molecular flexibility index (Phi) is 3.93. The third kappa shape index (κ3) is 3.08. The van der Waals surface area contributed by atoms with Gasteiger partial charge in [-0.3, -0.25) is 0 Å². The summed E-state index contributed by atoms with van der Waals surface area (Å²) in [6.07, 6.45) is 0. The Morgan fingerprint density at radius 3 is 2.20 bits per heavy atom. The minimum Gasteiger partial charge on any atom is -0.347 e. The molecule has 0 radical (unpaired) electrons. The van der Waals surface area contributed by atoms with Crippen LogP contribution in [0, 0.1) is 17.5 Å². The van der Waals surface area contributed by atoms with Crippen molar-refractivity contribution in [1.82, 2.24) is 15.0 Å². The van der Waals surface area contributed by atoms with Crippen LogP contribution >= 0.6 is 11.6 Å². The van der Waals surface area contributed by atoms with Crippen molar-refractivity contribution >= 4 is 29.2 Å². The number of hydrogen-bond donors (Lipinski definition) is 1. The third-order valence-electron chi connectivity index (χ3n) is 2.24. The van der Waals surface area contributed by atoms with Gasteiger partial charge in [0.25, 0.3) is 0 Å². The molecule has 0 unspecified atom stereocenters. The van der Waals surface area contributed by atoms with Crippen molar-refractivity contribution in [2.24, 2.45) is 0 Å². The van der Waals surface area contributed by atoms with Crippen molar-refractivity contribution in [3.63, 3.8) is 0 Å². The van der Waals surface area contributed by atoms with Crippen molar-refractivity contribution < 1.29 is 13.2 Å². The molecule has 0 saturated carbocycles. The quantitative estimate of drug-likeness (QED) is 0.884. The van der Waals surface area contributed by atoms with Gasteiger partial charge in [-0.15, -0.1) is 0 Å². The largest absolute Gasteiger partial charge is 0.347 e. The highest BCUT2D eigenvalue weighted by Crippen LogP contribution is 2.21. The van der Waals surface area contributed by atoms with Crippen LogP contribution in [-0.4, -0.2) is 29.0 Å². The number of nitrogens with zero attached hydrogens (tertiary/aromatic N) is 4. The topological polar surface area (TPSA) is 53.9 Å². The van der Waals surface area contributed by atoms with Gasteiger partial charge in [0, 0.05) is 31.9 Å². The molecule has 106 valence electrons. The van der Waals surface area contributed by atoms with E-state index in [1.54, 1.807) is 19.0 Å². The fourth-order valence-electron chi connectivity index (χ4n) is 1.35. The zero-order valence-electron chi connectivity index (χ0n) is 10.5. The summed E-state index contributed by atoms with van der Waals surface area (Å²) in [5, 5.41) is 2.44. The minimum atomic E-state index is -1.54. The Balaban J connectivity index is 2.35. The van der Waals surface area contributed by atoms with Gasteiger partial charge in [0.2, 0.25) is 17.2 Å². The number of nitrogens with one attached hydrogen (secondary N) is 1. The van der Waals surface area contributed by atoms with E-state index in [0.29, 0.717) is 0 Å². The molecule has 1 heterocycles. The predicted molar refractivity (Wildman–Crippen MR) is 68.8 cm³/mol. The lowest BCUT2D eigenvalue weighted by Crippen LogP contribution is -2.14. The smallest absolute Gasteiger partial charge is 0.233 e. The van der Waals surface area contributed by atoms with Crippen molar-refractivity contribution in [3.05, 3.63) is 34.9 Å². The third-order valence-corrected chi connectivity index (χ3v) is 2.41. The highest BCUT2D eigenvalue weighted by atomic mass is 35.5. The number of anilines is 3. The van der Waals surface area contributed by atoms with E-state index in [9.17, 15) is 13.2 Å². The number of benzene rings is 1. The van der Waals surface area contributed by atoms with E-state index in [0.717, 1.165) is 12.1 Å². The van der Waals surface area contributed by atoms with Crippen LogP contribution in [0.2, 0.25) is 5.28 Å². The number of aromatic nitrogens is 3. The average Bonchev–Trinajstić information content (AvgIpc) is 2.35. The zero-order valence-corrected chi connectivity index (χ0v) is 11.2. The SMILES string of the molecule is CN(C)c1nc(Cl)nc(Nc2cc(F)c(F)c(F)c2)n1. The van der Waals surface area contributed by atoms with Gasteiger partial charge in [0.05, 0.1) is 0 Å². The molecule has 0 saturated heterocycles. The van der Waals surface area contributed by atoms with Crippen LogP contribution in [0.15, 0.2) is 12.1 Å². The number of halogens is 4. The van der Waals surface area contributed by atoms with Crippen molar-refractivity contribution in [1.29, 1.82) is 0 Å². The van der Waals surface area contributed by atoms with Crippen LogP contribution in [0.4, 0.5) is 30.8 Å². The molecule has 0 amide bonds. The van der Waals surface area contributed by atoms with E-state index < -0.39 is 17.5 Å². The molecule has 0 aliphatic heterocycles. The van der Waals surface area contributed by atoms with Gasteiger partial charge in [-0.1, -0.05) is 0 Å². The van der Waals surface area contributed by atoms with Crippen LogP contribution in [0.3, 0.4) is 0 Å². The molecule has 0 atom stereocenters. The van der Waals surface area contributed by atoms with Crippen molar-refractivity contribution in [3.8, 4) is 0 Å². The normalized spacial score (nSPS) is 10.5. The summed E-state index contributed by atoms with van der Waals surface area (Å²) in [5.41, 5.74) is -0.0478. The Morgan fingerprint density at radius 1 is 1.05 bits per heavy atom. The van der Waals surface area contributed by atoms with Crippen LogP contribution in [0.25, 0.3) is 0 Å². The summed E-state index contributed by atoms with van der Waals surface area (Å²) in [7, 11) is 3.37. The zero-order chi connectivity index (χ0) is 14.9. The Morgan fingerprint density at radius 2 is 1.65 bits per heavy atom. The van der Waals surface area contributed by atoms with Crippen LogP contribution in [0.5, 0.6) is 0 Å². The Bertz CT molecular complexity index is 627.